The van der Waals surface area contributed by atoms with Crippen LogP contribution in [-0.4, -0.2) is 0 Å². The minimum Gasteiger partial charge on any atom is -1.00 e. The van der Waals surface area contributed by atoms with Crippen molar-refractivity contribution in [3.05, 3.63) is 0 Å². The van der Waals surface area contributed by atoms with Crippen LogP contribution in [0.2, 0.25) is 0 Å². The van der Waals surface area contributed by atoms with E-state index in [1.807, 2.05) is 0 Å². The Balaban J connectivity index is 0. The minimum absolute atomic E-state index is 0. The number of hydrogen-bond acceptors (Lipinski definition) is 0. The predicted molar refractivity (Wildman–Crippen MR) is 0 cm³/mol. The van der Waals surface area contributed by atoms with Gasteiger partial charge < -0.3 is 14.1 Å². The van der Waals surface area contributed by atoms with Crippen molar-refractivity contribution >= 4 is 0 Å². The van der Waals surface area contributed by atoms with E-state index in [9.17, 15) is 0 Å². The van der Waals surface area contributed by atoms with Crippen LogP contribution >= 0.6 is 0 Å². The van der Waals surface area contributed by atoms with Crippen LogP contribution in [0.25, 0.3) is 0 Å². The molecule has 0 N–H and O–H groups in total. The summed E-state index contributed by atoms with van der Waals surface area (Å²) in [4.78, 5) is 0. The molecule has 0 unspecified atom stereocenters. The number of halogens is 3. The van der Waals surface area contributed by atoms with Gasteiger partial charge in [-0.25, -0.2) is 0 Å². The number of hydrogen-bond donors (Lipinski definition) is 0. The molecule has 0 aliphatic rings. The van der Waals surface area contributed by atoms with Gasteiger partial charge in [-0.15, -0.1) is 0 Å². The molecule has 0 aliphatic carbocycles. The smallest absolute Gasteiger partial charge is 0 e. The van der Waals surface area contributed by atoms with Crippen LogP contribution in [0.4, 0.5) is 0 Å². The molecule has 0 heterocycles. The third-order valence-corrected chi connectivity index (χ3v) is 0. The van der Waals surface area contributed by atoms with Crippen LogP contribution in [0, 0.1) is 0 Å². The summed E-state index contributed by atoms with van der Waals surface area (Å²) in [5.74, 6) is 0. The Kier molecular flexibility index (Phi) is 19800. The molecule has 0 nitrogen and oxygen atoms in total. The molecular weight excluding hydrogens is 109 g/mol. The summed E-state index contributed by atoms with van der Waals surface area (Å²) in [6, 6.07) is 0. The second kappa shape index (κ2) is 172. The van der Waals surface area contributed by atoms with E-state index in [0.717, 1.165) is 0 Å². The van der Waals surface area contributed by atoms with Gasteiger partial charge in [0.25, 0.3) is 0 Å². The van der Waals surface area contributed by atoms with Crippen molar-refractivity contribution in [2.75, 3.05) is 0 Å². The molecule has 0 radical (unpaired) electrons. The molecule has 0 aromatic carbocycles. The van der Waals surface area contributed by atoms with E-state index in [1.54, 1.807) is 0 Å². The molecule has 0 spiro atoms. The van der Waals surface area contributed by atoms with Crippen LogP contribution in [0.15, 0.2) is 0 Å². The third kappa shape index (κ3) is 39.1. The summed E-state index contributed by atoms with van der Waals surface area (Å²) in [5, 5.41) is 0. The van der Waals surface area contributed by atoms with Crippen LogP contribution in [0.3, 0.4) is 0 Å². The first-order valence-corrected chi connectivity index (χ1v) is 0. The van der Waals surface area contributed by atoms with E-state index >= 15 is 0 Å². The van der Waals surface area contributed by atoms with Gasteiger partial charge >= 0.3 is 0 Å². The van der Waals surface area contributed by atoms with Crippen LogP contribution in [-0.2, 0) is 17.4 Å². The van der Waals surface area contributed by atoms with E-state index in [1.165, 1.54) is 0 Å². The predicted octanol–water partition coefficient (Wildman–Crippen LogP) is -8.99. The third-order valence-electron chi connectivity index (χ3n) is 0. The van der Waals surface area contributed by atoms with Gasteiger partial charge in [-0.2, -0.15) is 0 Å². The average Bonchev–Trinajstić information content (AvgIpc) is 0. The first kappa shape index (κ1) is 459. The molecule has 0 amide bonds. The van der Waals surface area contributed by atoms with E-state index < -0.39 is 0 Å². The second-order valence-electron chi connectivity index (χ2n) is 0. The van der Waals surface area contributed by atoms with Crippen LogP contribution in [0.5, 0.6) is 0 Å². The quantitative estimate of drug-likeness (QED) is 0.290. The van der Waals surface area contributed by atoms with Crippen molar-refractivity contribution in [1.82, 2.24) is 0 Å². The second-order valence-corrected chi connectivity index (χ2v) is 0. The molecular formula is CrF3-3. The van der Waals surface area contributed by atoms with E-state index in [4.69, 9.17) is 0 Å². The van der Waals surface area contributed by atoms with Crippen molar-refractivity contribution < 1.29 is 31.5 Å². The standard InChI is InChI=1S/Cr.3FH/h;3*1H/p-3. The Labute approximate surface area is 32.4 Å². The van der Waals surface area contributed by atoms with Gasteiger partial charge in [-0.05, 0) is 0 Å². The summed E-state index contributed by atoms with van der Waals surface area (Å²) in [5.41, 5.74) is 0. The normalized spacial score (nSPS) is 0. The molecule has 0 saturated heterocycles. The average molecular weight is 109 g/mol. The zero-order valence-electron chi connectivity index (χ0n) is 1.54. The summed E-state index contributed by atoms with van der Waals surface area (Å²) >= 11 is 0. The Morgan fingerprint density at radius 3 is 0.500 bits per heavy atom. The summed E-state index contributed by atoms with van der Waals surface area (Å²) in [6.07, 6.45) is 0. The molecule has 0 bridgehead atoms. The molecule has 0 fully saturated rings. The zero-order valence-corrected chi connectivity index (χ0v) is 2.82. The van der Waals surface area contributed by atoms with Crippen LogP contribution in [0.1, 0.15) is 0 Å². The molecule has 0 aliphatic heterocycles. The van der Waals surface area contributed by atoms with Crippen molar-refractivity contribution in [3.63, 3.8) is 0 Å². The fourth-order valence-electron chi connectivity index (χ4n) is 0. The maximum atomic E-state index is 0. The fraction of sp³-hybridized carbons (Fsp3) is 0. The fourth-order valence-corrected chi connectivity index (χ4v) is 0. The van der Waals surface area contributed by atoms with Crippen molar-refractivity contribution in [1.29, 1.82) is 0 Å². The molecule has 0 atom stereocenters. The summed E-state index contributed by atoms with van der Waals surface area (Å²) in [7, 11) is 0. The van der Waals surface area contributed by atoms with E-state index in [-0.39, 0.29) is 31.5 Å². The molecule has 30 valence electrons. The summed E-state index contributed by atoms with van der Waals surface area (Å²) in [6.45, 7) is 0. The first-order chi connectivity index (χ1) is 0. The zero-order chi connectivity index (χ0) is 0. The molecule has 0 saturated carbocycles. The van der Waals surface area contributed by atoms with Crippen molar-refractivity contribution in [3.8, 4) is 0 Å². The topological polar surface area (TPSA) is 0 Å². The number of rotatable bonds is 0. The van der Waals surface area contributed by atoms with Gasteiger partial charge in [-0.1, -0.05) is 0 Å². The first-order valence-electron chi connectivity index (χ1n) is 0. The molecule has 0 aromatic rings. The van der Waals surface area contributed by atoms with Crippen LogP contribution < -0.4 is 14.1 Å². The van der Waals surface area contributed by atoms with Gasteiger partial charge in [-0.3, -0.25) is 0 Å². The van der Waals surface area contributed by atoms with Gasteiger partial charge in [0.05, 0.1) is 0 Å². The SMILES string of the molecule is [Cr].[F-].[F-].[F-]. The Morgan fingerprint density at radius 2 is 0.500 bits per heavy atom. The largest absolute Gasteiger partial charge is 1.00 e. The Bertz CT molecular complexity index is 3.25. The maximum Gasteiger partial charge on any atom is 0 e. The van der Waals surface area contributed by atoms with Gasteiger partial charge in [0, 0.05) is 17.4 Å². The molecule has 4 heteroatoms. The van der Waals surface area contributed by atoms with Crippen molar-refractivity contribution in [2.45, 2.75) is 0 Å². The molecule has 0 rings (SSSR count). The van der Waals surface area contributed by atoms with Gasteiger partial charge in [0.2, 0.25) is 0 Å². The van der Waals surface area contributed by atoms with Gasteiger partial charge in [0.15, 0.2) is 0 Å². The van der Waals surface area contributed by atoms with E-state index in [2.05, 4.69) is 0 Å². The molecule has 0 aromatic heterocycles. The van der Waals surface area contributed by atoms with Gasteiger partial charge in [0.1, 0.15) is 0 Å². The Morgan fingerprint density at radius 1 is 0.500 bits per heavy atom. The minimum atomic E-state index is 0. The maximum absolute atomic E-state index is 0. The molecule has 4 heavy (non-hydrogen) atoms. The monoisotopic (exact) mass is 109 g/mol. The van der Waals surface area contributed by atoms with Crippen molar-refractivity contribution in [2.24, 2.45) is 0 Å². The summed E-state index contributed by atoms with van der Waals surface area (Å²) < 4.78 is 0. The van der Waals surface area contributed by atoms with E-state index in [0.29, 0.717) is 0 Å². The Hall–Kier alpha value is 0.322.